The Balaban J connectivity index is 2.41. The molecular formula is C11H8ClNO2S. The molecule has 1 heterocycles. The van der Waals surface area contributed by atoms with Crippen molar-refractivity contribution in [2.24, 2.45) is 0 Å². The van der Waals surface area contributed by atoms with E-state index in [1.165, 1.54) is 11.3 Å². The van der Waals surface area contributed by atoms with E-state index in [9.17, 15) is 9.90 Å². The Morgan fingerprint density at radius 3 is 2.56 bits per heavy atom. The summed E-state index contributed by atoms with van der Waals surface area (Å²) in [6.45, 7) is 0. The average Bonchev–Trinajstić information content (AvgIpc) is 2.74. The van der Waals surface area contributed by atoms with E-state index in [1.807, 2.05) is 0 Å². The summed E-state index contributed by atoms with van der Waals surface area (Å²) in [5.74, 6) is -1.63. The summed E-state index contributed by atoms with van der Waals surface area (Å²) in [4.78, 5) is 15.3. The lowest BCUT2D eigenvalue weighted by molar-refractivity contribution is -0.137. The highest BCUT2D eigenvalue weighted by Gasteiger charge is 2.23. The molecule has 2 rings (SSSR count). The molecule has 1 atom stereocenters. The van der Waals surface area contributed by atoms with Crippen LogP contribution >= 0.6 is 22.9 Å². The van der Waals surface area contributed by atoms with Crippen LogP contribution in [0.3, 0.4) is 0 Å². The van der Waals surface area contributed by atoms with Crippen molar-refractivity contribution < 1.29 is 9.90 Å². The average molecular weight is 254 g/mol. The molecule has 0 spiro atoms. The predicted octanol–water partition coefficient (Wildman–Crippen LogP) is 3.01. The van der Waals surface area contributed by atoms with E-state index < -0.39 is 11.9 Å². The quantitative estimate of drug-likeness (QED) is 0.915. The lowest BCUT2D eigenvalue weighted by Gasteiger charge is -2.09. The first kappa shape index (κ1) is 11.1. The fraction of sp³-hybridized carbons (Fsp3) is 0.0909. The molecule has 0 aliphatic heterocycles. The van der Waals surface area contributed by atoms with E-state index >= 15 is 0 Å². The lowest BCUT2D eigenvalue weighted by atomic mass is 9.97. The van der Waals surface area contributed by atoms with Crippen LogP contribution in [0.4, 0.5) is 0 Å². The standard InChI is InChI=1S/C11H8ClNO2S/c12-8-3-1-7(2-4-8)10(11(14)15)9-5-16-6-13-9/h1-6,10H,(H,14,15). The first-order valence-electron chi connectivity index (χ1n) is 4.55. The molecule has 0 radical (unpaired) electrons. The molecule has 0 bridgehead atoms. The number of benzene rings is 1. The van der Waals surface area contributed by atoms with Crippen LogP contribution in [0, 0.1) is 0 Å². The van der Waals surface area contributed by atoms with Crippen molar-refractivity contribution in [1.82, 2.24) is 4.98 Å². The maximum absolute atomic E-state index is 11.2. The first-order chi connectivity index (χ1) is 7.68. The zero-order valence-electron chi connectivity index (χ0n) is 8.13. The molecule has 0 saturated heterocycles. The Bertz CT molecular complexity index is 481. The zero-order valence-corrected chi connectivity index (χ0v) is 9.70. The number of thiazole rings is 1. The van der Waals surface area contributed by atoms with Gasteiger partial charge in [-0.1, -0.05) is 23.7 Å². The largest absolute Gasteiger partial charge is 0.480 e. The van der Waals surface area contributed by atoms with Gasteiger partial charge in [0.15, 0.2) is 0 Å². The maximum atomic E-state index is 11.2. The highest BCUT2D eigenvalue weighted by Crippen LogP contribution is 2.25. The zero-order chi connectivity index (χ0) is 11.5. The van der Waals surface area contributed by atoms with E-state index in [0.717, 1.165) is 0 Å². The Kier molecular flexibility index (Phi) is 3.22. The number of carboxylic acids is 1. The number of rotatable bonds is 3. The molecule has 0 saturated carbocycles. The van der Waals surface area contributed by atoms with Gasteiger partial charge in [-0.3, -0.25) is 4.79 Å². The second kappa shape index (κ2) is 4.63. The summed E-state index contributed by atoms with van der Waals surface area (Å²) in [5, 5.41) is 11.5. The maximum Gasteiger partial charge on any atom is 0.317 e. The van der Waals surface area contributed by atoms with Crippen LogP contribution in [0.1, 0.15) is 17.2 Å². The van der Waals surface area contributed by atoms with Gasteiger partial charge in [-0.05, 0) is 17.7 Å². The van der Waals surface area contributed by atoms with Gasteiger partial charge in [0, 0.05) is 10.4 Å². The number of halogens is 1. The van der Waals surface area contributed by atoms with Gasteiger partial charge in [0.1, 0.15) is 5.92 Å². The molecule has 82 valence electrons. The van der Waals surface area contributed by atoms with Crippen molar-refractivity contribution in [2.75, 3.05) is 0 Å². The predicted molar refractivity (Wildman–Crippen MR) is 63.0 cm³/mol. The van der Waals surface area contributed by atoms with Crippen molar-refractivity contribution in [3.8, 4) is 0 Å². The van der Waals surface area contributed by atoms with Gasteiger partial charge in [0.05, 0.1) is 11.2 Å². The minimum absolute atomic E-state index is 0.555. The second-order valence-electron chi connectivity index (χ2n) is 3.24. The van der Waals surface area contributed by atoms with Crippen molar-refractivity contribution in [2.45, 2.75) is 5.92 Å². The molecular weight excluding hydrogens is 246 g/mol. The van der Waals surface area contributed by atoms with Crippen LogP contribution in [-0.2, 0) is 4.79 Å². The van der Waals surface area contributed by atoms with Crippen molar-refractivity contribution in [3.63, 3.8) is 0 Å². The number of hydrogen-bond acceptors (Lipinski definition) is 3. The van der Waals surface area contributed by atoms with E-state index in [-0.39, 0.29) is 0 Å². The van der Waals surface area contributed by atoms with Gasteiger partial charge < -0.3 is 5.11 Å². The Hall–Kier alpha value is -1.39. The van der Waals surface area contributed by atoms with E-state index in [0.29, 0.717) is 16.3 Å². The Labute approximate surface area is 101 Å². The summed E-state index contributed by atoms with van der Waals surface area (Å²) in [5.41, 5.74) is 2.86. The van der Waals surface area contributed by atoms with Crippen LogP contribution in [0.2, 0.25) is 5.02 Å². The van der Waals surface area contributed by atoms with Gasteiger partial charge in [0.2, 0.25) is 0 Å². The molecule has 1 aromatic heterocycles. The monoisotopic (exact) mass is 253 g/mol. The van der Waals surface area contributed by atoms with E-state index in [1.54, 1.807) is 35.2 Å². The van der Waals surface area contributed by atoms with Crippen molar-refractivity contribution in [3.05, 3.63) is 51.4 Å². The first-order valence-corrected chi connectivity index (χ1v) is 5.87. The normalized spacial score (nSPS) is 12.3. The molecule has 0 aliphatic carbocycles. The molecule has 0 fully saturated rings. The highest BCUT2D eigenvalue weighted by molar-refractivity contribution is 7.07. The molecule has 3 nitrogen and oxygen atoms in total. The molecule has 2 aromatic rings. The van der Waals surface area contributed by atoms with Crippen LogP contribution in [-0.4, -0.2) is 16.1 Å². The van der Waals surface area contributed by atoms with Crippen molar-refractivity contribution >= 4 is 28.9 Å². The smallest absolute Gasteiger partial charge is 0.317 e. The third-order valence-corrected chi connectivity index (χ3v) is 3.05. The van der Waals surface area contributed by atoms with Crippen LogP contribution in [0.5, 0.6) is 0 Å². The SMILES string of the molecule is O=C(O)C(c1ccc(Cl)cc1)c1cscn1. The number of aliphatic carboxylic acids is 1. The lowest BCUT2D eigenvalue weighted by Crippen LogP contribution is -2.13. The minimum atomic E-state index is -0.909. The van der Waals surface area contributed by atoms with Gasteiger partial charge in [-0.15, -0.1) is 11.3 Å². The third kappa shape index (κ3) is 2.23. The van der Waals surface area contributed by atoms with Crippen LogP contribution in [0.25, 0.3) is 0 Å². The van der Waals surface area contributed by atoms with Gasteiger partial charge in [-0.25, -0.2) is 4.98 Å². The van der Waals surface area contributed by atoms with Gasteiger partial charge >= 0.3 is 5.97 Å². The van der Waals surface area contributed by atoms with E-state index in [4.69, 9.17) is 11.6 Å². The minimum Gasteiger partial charge on any atom is -0.480 e. The number of carbonyl (C=O) groups is 1. The number of hydrogen-bond donors (Lipinski definition) is 1. The Morgan fingerprint density at radius 1 is 1.38 bits per heavy atom. The molecule has 1 aromatic carbocycles. The van der Waals surface area contributed by atoms with E-state index in [2.05, 4.69) is 4.98 Å². The summed E-state index contributed by atoms with van der Waals surface area (Å²) in [6.07, 6.45) is 0. The number of carboxylic acid groups (broad SMARTS) is 1. The highest BCUT2D eigenvalue weighted by atomic mass is 35.5. The van der Waals surface area contributed by atoms with Gasteiger partial charge in [0.25, 0.3) is 0 Å². The Morgan fingerprint density at radius 2 is 2.06 bits per heavy atom. The fourth-order valence-electron chi connectivity index (χ4n) is 1.46. The van der Waals surface area contributed by atoms with Crippen LogP contribution in [0.15, 0.2) is 35.2 Å². The summed E-state index contributed by atoms with van der Waals surface area (Å²) < 4.78 is 0. The topological polar surface area (TPSA) is 50.2 Å². The van der Waals surface area contributed by atoms with Crippen LogP contribution < -0.4 is 0 Å². The second-order valence-corrected chi connectivity index (χ2v) is 4.39. The molecule has 1 unspecified atom stereocenters. The molecule has 16 heavy (non-hydrogen) atoms. The number of nitrogens with zero attached hydrogens (tertiary/aromatic N) is 1. The fourth-order valence-corrected chi connectivity index (χ4v) is 2.17. The van der Waals surface area contributed by atoms with Gasteiger partial charge in [-0.2, -0.15) is 0 Å². The summed E-state index contributed by atoms with van der Waals surface area (Å²) in [7, 11) is 0. The third-order valence-electron chi connectivity index (χ3n) is 2.20. The molecule has 5 heteroatoms. The molecule has 1 N–H and O–H groups in total. The summed E-state index contributed by atoms with van der Waals surface area (Å²) >= 11 is 7.14. The number of aromatic nitrogens is 1. The molecule has 0 amide bonds. The molecule has 0 aliphatic rings. The summed E-state index contributed by atoms with van der Waals surface area (Å²) in [6, 6.07) is 6.78. The van der Waals surface area contributed by atoms with Crippen molar-refractivity contribution in [1.29, 1.82) is 0 Å².